The molecule has 0 aliphatic carbocycles. The zero-order chi connectivity index (χ0) is 13.9. The molecule has 0 aliphatic rings. The predicted molar refractivity (Wildman–Crippen MR) is 64.5 cm³/mol. The molecule has 0 fully saturated rings. The lowest BCUT2D eigenvalue weighted by Gasteiger charge is -2.20. The van der Waals surface area contributed by atoms with Gasteiger partial charge in [-0.1, -0.05) is 25.4 Å². The molecule has 6 heteroatoms. The highest BCUT2D eigenvalue weighted by Crippen LogP contribution is 2.19. The monoisotopic (exact) mass is 277 g/mol. The van der Waals surface area contributed by atoms with Crippen molar-refractivity contribution in [2.75, 3.05) is 6.61 Å². The van der Waals surface area contributed by atoms with Gasteiger partial charge in [-0.15, -0.1) is 0 Å². The van der Waals surface area contributed by atoms with Crippen LogP contribution in [0.5, 0.6) is 0 Å². The standard InChI is InChI=1S/C12H14ClF2NO2/c1-6(2)11(5-17)16-12(18)7-3-10(15)8(13)4-9(7)14/h3-4,6,11,17H,5H2,1-2H3,(H,16,18)/t11-/m1/s1. The molecule has 0 radical (unpaired) electrons. The fraction of sp³-hybridized carbons (Fsp3) is 0.417. The molecule has 2 N–H and O–H groups in total. The first kappa shape index (κ1) is 14.9. The van der Waals surface area contributed by atoms with Crippen LogP contribution in [-0.4, -0.2) is 23.7 Å². The maximum Gasteiger partial charge on any atom is 0.254 e. The molecular weight excluding hydrogens is 264 g/mol. The molecule has 0 saturated carbocycles. The fourth-order valence-electron chi connectivity index (χ4n) is 1.37. The number of carbonyl (C=O) groups excluding carboxylic acids is 1. The molecule has 0 bridgehead atoms. The number of nitrogens with one attached hydrogen (secondary N) is 1. The molecule has 1 rings (SSSR count). The molecule has 0 aliphatic heterocycles. The van der Waals surface area contributed by atoms with Gasteiger partial charge in [0.25, 0.3) is 5.91 Å². The van der Waals surface area contributed by atoms with Crippen molar-refractivity contribution >= 4 is 17.5 Å². The molecule has 0 heterocycles. The summed E-state index contributed by atoms with van der Waals surface area (Å²) in [7, 11) is 0. The van der Waals surface area contributed by atoms with Gasteiger partial charge in [-0.2, -0.15) is 0 Å². The minimum absolute atomic E-state index is 0.0286. The Balaban J connectivity index is 2.94. The van der Waals surface area contributed by atoms with Crippen LogP contribution in [0, 0.1) is 17.6 Å². The predicted octanol–water partition coefficient (Wildman–Crippen LogP) is 2.36. The third-order valence-corrected chi connectivity index (χ3v) is 2.86. The lowest BCUT2D eigenvalue weighted by Crippen LogP contribution is -2.41. The summed E-state index contributed by atoms with van der Waals surface area (Å²) in [6.45, 7) is 3.31. The van der Waals surface area contributed by atoms with E-state index in [1.807, 2.05) is 0 Å². The van der Waals surface area contributed by atoms with Crippen LogP contribution in [-0.2, 0) is 0 Å². The molecule has 3 nitrogen and oxygen atoms in total. The summed E-state index contributed by atoms with van der Waals surface area (Å²) in [6, 6.07) is 0.965. The second-order valence-corrected chi connectivity index (χ2v) is 4.66. The van der Waals surface area contributed by atoms with Crippen molar-refractivity contribution in [2.24, 2.45) is 5.92 Å². The van der Waals surface area contributed by atoms with Crippen molar-refractivity contribution in [1.82, 2.24) is 5.32 Å². The second-order valence-electron chi connectivity index (χ2n) is 4.25. The molecule has 0 unspecified atom stereocenters. The molecular formula is C12H14ClF2NO2. The smallest absolute Gasteiger partial charge is 0.254 e. The van der Waals surface area contributed by atoms with Gasteiger partial charge in [-0.25, -0.2) is 8.78 Å². The molecule has 1 aromatic rings. The van der Waals surface area contributed by atoms with Crippen LogP contribution >= 0.6 is 11.6 Å². The minimum Gasteiger partial charge on any atom is -0.394 e. The van der Waals surface area contributed by atoms with Gasteiger partial charge in [-0.3, -0.25) is 4.79 Å². The highest BCUT2D eigenvalue weighted by Gasteiger charge is 2.20. The maximum atomic E-state index is 13.5. The number of amides is 1. The first-order valence-corrected chi connectivity index (χ1v) is 5.80. The van der Waals surface area contributed by atoms with E-state index in [0.717, 1.165) is 12.1 Å². The van der Waals surface area contributed by atoms with E-state index in [-0.39, 0.29) is 17.5 Å². The van der Waals surface area contributed by atoms with E-state index in [4.69, 9.17) is 16.7 Å². The van der Waals surface area contributed by atoms with Gasteiger partial charge >= 0.3 is 0 Å². The zero-order valence-electron chi connectivity index (χ0n) is 10.0. The van der Waals surface area contributed by atoms with Gasteiger partial charge in [0.15, 0.2) is 0 Å². The molecule has 0 saturated heterocycles. The Labute approximate surface area is 109 Å². The Morgan fingerprint density at radius 1 is 1.39 bits per heavy atom. The number of benzene rings is 1. The quantitative estimate of drug-likeness (QED) is 0.830. The van der Waals surface area contributed by atoms with Crippen LogP contribution in [0.25, 0.3) is 0 Å². The van der Waals surface area contributed by atoms with Gasteiger partial charge in [0.2, 0.25) is 0 Å². The highest BCUT2D eigenvalue weighted by atomic mass is 35.5. The van der Waals surface area contributed by atoms with E-state index < -0.39 is 29.1 Å². The Morgan fingerprint density at radius 3 is 2.50 bits per heavy atom. The first-order chi connectivity index (χ1) is 8.36. The van der Waals surface area contributed by atoms with E-state index in [1.165, 1.54) is 0 Å². The third-order valence-electron chi connectivity index (χ3n) is 2.57. The molecule has 18 heavy (non-hydrogen) atoms. The van der Waals surface area contributed by atoms with Gasteiger partial charge in [0, 0.05) is 0 Å². The molecule has 0 spiro atoms. The van der Waals surface area contributed by atoms with Crippen LogP contribution in [0.1, 0.15) is 24.2 Å². The number of rotatable bonds is 4. The van der Waals surface area contributed by atoms with Crippen LogP contribution in [0.15, 0.2) is 12.1 Å². The maximum absolute atomic E-state index is 13.5. The SMILES string of the molecule is CC(C)[C@@H](CO)NC(=O)c1cc(F)c(Cl)cc1F. The van der Waals surface area contributed by atoms with Gasteiger partial charge < -0.3 is 10.4 Å². The fourth-order valence-corrected chi connectivity index (χ4v) is 1.52. The highest BCUT2D eigenvalue weighted by molar-refractivity contribution is 6.30. The first-order valence-electron chi connectivity index (χ1n) is 5.43. The van der Waals surface area contributed by atoms with Gasteiger partial charge in [0.05, 0.1) is 23.2 Å². The minimum atomic E-state index is -0.903. The molecule has 1 aromatic carbocycles. The van der Waals surface area contributed by atoms with Crippen molar-refractivity contribution in [1.29, 1.82) is 0 Å². The second kappa shape index (κ2) is 6.11. The summed E-state index contributed by atoms with van der Waals surface area (Å²) in [6.07, 6.45) is 0. The van der Waals surface area contributed by atoms with Crippen LogP contribution in [0.2, 0.25) is 5.02 Å². The van der Waals surface area contributed by atoms with Crippen molar-refractivity contribution in [3.8, 4) is 0 Å². The Hall–Kier alpha value is -1.20. The van der Waals surface area contributed by atoms with Crippen molar-refractivity contribution in [3.63, 3.8) is 0 Å². The number of aliphatic hydroxyl groups is 1. The Morgan fingerprint density at radius 2 is 2.00 bits per heavy atom. The summed E-state index contributed by atoms with van der Waals surface area (Å²) < 4.78 is 26.6. The topological polar surface area (TPSA) is 49.3 Å². The normalized spacial score (nSPS) is 12.6. The number of hydrogen-bond donors (Lipinski definition) is 2. The molecule has 100 valence electrons. The lowest BCUT2D eigenvalue weighted by molar-refractivity contribution is 0.0892. The number of hydrogen-bond acceptors (Lipinski definition) is 2. The summed E-state index contributed by atoms with van der Waals surface area (Å²) in [5.41, 5.74) is -0.434. The van der Waals surface area contributed by atoms with E-state index in [9.17, 15) is 13.6 Å². The number of aliphatic hydroxyl groups excluding tert-OH is 1. The lowest BCUT2D eigenvalue weighted by atomic mass is 10.0. The van der Waals surface area contributed by atoms with E-state index in [2.05, 4.69) is 5.32 Å². The van der Waals surface area contributed by atoms with Crippen molar-refractivity contribution in [3.05, 3.63) is 34.4 Å². The Bertz CT molecular complexity index is 452. The average Bonchev–Trinajstić information content (AvgIpc) is 2.29. The van der Waals surface area contributed by atoms with E-state index in [1.54, 1.807) is 13.8 Å². The summed E-state index contributed by atoms with van der Waals surface area (Å²) in [5.74, 6) is -2.58. The van der Waals surface area contributed by atoms with Crippen molar-refractivity contribution in [2.45, 2.75) is 19.9 Å². The largest absolute Gasteiger partial charge is 0.394 e. The van der Waals surface area contributed by atoms with Gasteiger partial charge in [-0.05, 0) is 18.1 Å². The van der Waals surface area contributed by atoms with Crippen LogP contribution in [0.3, 0.4) is 0 Å². The molecule has 0 aromatic heterocycles. The average molecular weight is 278 g/mol. The number of halogens is 3. The zero-order valence-corrected chi connectivity index (χ0v) is 10.8. The Kier molecular flexibility index (Phi) is 5.04. The molecule has 1 amide bonds. The van der Waals surface area contributed by atoms with E-state index in [0.29, 0.717) is 0 Å². The summed E-state index contributed by atoms with van der Waals surface area (Å²) in [4.78, 5) is 11.7. The van der Waals surface area contributed by atoms with Crippen LogP contribution < -0.4 is 5.32 Å². The molecule has 1 atom stereocenters. The van der Waals surface area contributed by atoms with Crippen molar-refractivity contribution < 1.29 is 18.7 Å². The van der Waals surface area contributed by atoms with Crippen LogP contribution in [0.4, 0.5) is 8.78 Å². The summed E-state index contributed by atoms with van der Waals surface area (Å²) in [5, 5.41) is 11.1. The third kappa shape index (κ3) is 3.40. The van der Waals surface area contributed by atoms with E-state index >= 15 is 0 Å². The van der Waals surface area contributed by atoms with Gasteiger partial charge in [0.1, 0.15) is 11.6 Å². The number of carbonyl (C=O) groups is 1. The summed E-state index contributed by atoms with van der Waals surface area (Å²) >= 11 is 5.39.